The van der Waals surface area contributed by atoms with Gasteiger partial charge in [-0.1, -0.05) is 12.1 Å². The van der Waals surface area contributed by atoms with Gasteiger partial charge >= 0.3 is 0 Å². The monoisotopic (exact) mass is 219 g/mol. The lowest BCUT2D eigenvalue weighted by molar-refractivity contribution is -0.117. The minimum Gasteiger partial charge on any atom is -0.386 e. The molecule has 3 heteroatoms. The fourth-order valence-electron chi connectivity index (χ4n) is 1.55. The molecule has 0 aromatic heterocycles. The first-order valence-electron chi connectivity index (χ1n) is 5.60. The van der Waals surface area contributed by atoms with Crippen LogP contribution in [0.1, 0.15) is 32.3 Å². The summed E-state index contributed by atoms with van der Waals surface area (Å²) in [6.45, 7) is 3.48. The van der Waals surface area contributed by atoms with Gasteiger partial charge in [0.25, 0.3) is 0 Å². The lowest BCUT2D eigenvalue weighted by Crippen LogP contribution is -2.16. The highest BCUT2D eigenvalue weighted by Crippen LogP contribution is 2.30. The van der Waals surface area contributed by atoms with Crippen LogP contribution in [0, 0.1) is 5.92 Å². The Balaban J connectivity index is 2.04. The Labute approximate surface area is 95.5 Å². The van der Waals surface area contributed by atoms with E-state index in [2.05, 4.69) is 5.32 Å². The molecule has 0 heterocycles. The summed E-state index contributed by atoms with van der Waals surface area (Å²) in [5.74, 6) is 0.324. The number of benzene rings is 1. The van der Waals surface area contributed by atoms with Crippen LogP contribution in [0.5, 0.6) is 0 Å². The van der Waals surface area contributed by atoms with Crippen molar-refractivity contribution in [3.63, 3.8) is 0 Å². The molecular formula is C13H17NO2. The Morgan fingerprint density at radius 1 is 1.31 bits per heavy atom. The quantitative estimate of drug-likeness (QED) is 0.819. The van der Waals surface area contributed by atoms with Crippen molar-refractivity contribution in [2.75, 3.05) is 5.32 Å². The number of amides is 1. The lowest BCUT2D eigenvalue weighted by atomic mass is 9.98. The van der Waals surface area contributed by atoms with E-state index in [0.717, 1.165) is 24.1 Å². The summed E-state index contributed by atoms with van der Waals surface area (Å²) < 4.78 is 0. The summed E-state index contributed by atoms with van der Waals surface area (Å²) in [7, 11) is 0. The van der Waals surface area contributed by atoms with Crippen molar-refractivity contribution in [3.05, 3.63) is 29.8 Å². The van der Waals surface area contributed by atoms with E-state index in [0.29, 0.717) is 0 Å². The third-order valence-electron chi connectivity index (χ3n) is 2.81. The summed E-state index contributed by atoms with van der Waals surface area (Å²) >= 11 is 0. The minimum absolute atomic E-state index is 0.107. The Kier molecular flexibility index (Phi) is 2.72. The van der Waals surface area contributed by atoms with Gasteiger partial charge < -0.3 is 10.4 Å². The lowest BCUT2D eigenvalue weighted by Gasteiger charge is -2.17. The number of rotatable bonds is 3. The van der Waals surface area contributed by atoms with Gasteiger partial charge in [0.1, 0.15) is 0 Å². The smallest absolute Gasteiger partial charge is 0.227 e. The van der Waals surface area contributed by atoms with Gasteiger partial charge in [0.2, 0.25) is 5.91 Å². The maximum absolute atomic E-state index is 11.5. The number of anilines is 1. The van der Waals surface area contributed by atoms with E-state index in [-0.39, 0.29) is 11.8 Å². The SMILES string of the molecule is CC(C)(O)c1ccc(NC(=O)C2CC2)cc1. The second kappa shape index (κ2) is 3.91. The molecule has 0 saturated heterocycles. The Morgan fingerprint density at radius 3 is 2.31 bits per heavy atom. The van der Waals surface area contributed by atoms with Crippen LogP contribution in [0.15, 0.2) is 24.3 Å². The molecule has 3 nitrogen and oxygen atoms in total. The zero-order valence-electron chi connectivity index (χ0n) is 9.66. The Morgan fingerprint density at radius 2 is 1.88 bits per heavy atom. The number of hydrogen-bond donors (Lipinski definition) is 2. The van der Waals surface area contributed by atoms with E-state index in [4.69, 9.17) is 0 Å². The Bertz CT molecular complexity index is 385. The normalized spacial score (nSPS) is 15.9. The van der Waals surface area contributed by atoms with Crippen molar-refractivity contribution < 1.29 is 9.90 Å². The van der Waals surface area contributed by atoms with Crippen LogP contribution in [0.4, 0.5) is 5.69 Å². The molecule has 0 spiro atoms. The maximum Gasteiger partial charge on any atom is 0.227 e. The number of nitrogens with one attached hydrogen (secondary N) is 1. The standard InChI is InChI=1S/C13H17NO2/c1-13(2,16)10-5-7-11(8-6-10)14-12(15)9-3-4-9/h5-9,16H,3-4H2,1-2H3,(H,14,15). The summed E-state index contributed by atoms with van der Waals surface area (Å²) in [5, 5.41) is 12.6. The van der Waals surface area contributed by atoms with E-state index in [1.807, 2.05) is 24.3 Å². The molecule has 86 valence electrons. The fourth-order valence-corrected chi connectivity index (χ4v) is 1.55. The second-order valence-electron chi connectivity index (χ2n) is 4.90. The highest BCUT2D eigenvalue weighted by Gasteiger charge is 2.29. The molecule has 1 saturated carbocycles. The molecule has 0 atom stereocenters. The van der Waals surface area contributed by atoms with Gasteiger partial charge in [0, 0.05) is 11.6 Å². The molecule has 0 radical (unpaired) electrons. The molecule has 0 aliphatic heterocycles. The predicted molar refractivity (Wildman–Crippen MR) is 63.0 cm³/mol. The number of hydrogen-bond acceptors (Lipinski definition) is 2. The number of carbonyl (C=O) groups excluding carboxylic acids is 1. The highest BCUT2D eigenvalue weighted by atomic mass is 16.3. The van der Waals surface area contributed by atoms with E-state index in [1.54, 1.807) is 13.8 Å². The molecule has 1 amide bonds. The molecule has 1 aromatic rings. The van der Waals surface area contributed by atoms with E-state index < -0.39 is 5.60 Å². The molecule has 1 aliphatic rings. The third-order valence-corrected chi connectivity index (χ3v) is 2.81. The first-order valence-corrected chi connectivity index (χ1v) is 5.60. The van der Waals surface area contributed by atoms with Crippen LogP contribution in [0.2, 0.25) is 0 Å². The van der Waals surface area contributed by atoms with Crippen LogP contribution in [-0.4, -0.2) is 11.0 Å². The van der Waals surface area contributed by atoms with Crippen molar-refractivity contribution in [2.24, 2.45) is 5.92 Å². The van der Waals surface area contributed by atoms with Crippen molar-refractivity contribution in [3.8, 4) is 0 Å². The van der Waals surface area contributed by atoms with Crippen molar-refractivity contribution in [1.29, 1.82) is 0 Å². The second-order valence-corrected chi connectivity index (χ2v) is 4.90. The zero-order chi connectivity index (χ0) is 11.8. The molecule has 1 fully saturated rings. The van der Waals surface area contributed by atoms with Gasteiger partial charge in [-0.3, -0.25) is 4.79 Å². The summed E-state index contributed by atoms with van der Waals surface area (Å²) in [4.78, 5) is 11.5. The molecular weight excluding hydrogens is 202 g/mol. The van der Waals surface area contributed by atoms with Crippen molar-refractivity contribution >= 4 is 11.6 Å². The molecule has 0 unspecified atom stereocenters. The largest absolute Gasteiger partial charge is 0.386 e. The van der Waals surface area contributed by atoms with Gasteiger partial charge in [-0.05, 0) is 44.4 Å². The average molecular weight is 219 g/mol. The summed E-state index contributed by atoms with van der Waals surface area (Å²) in [6.07, 6.45) is 2.02. The number of aliphatic hydroxyl groups is 1. The van der Waals surface area contributed by atoms with Crippen molar-refractivity contribution in [2.45, 2.75) is 32.3 Å². The summed E-state index contributed by atoms with van der Waals surface area (Å²) in [6, 6.07) is 7.33. The van der Waals surface area contributed by atoms with Crippen molar-refractivity contribution in [1.82, 2.24) is 0 Å². The van der Waals surface area contributed by atoms with E-state index in [1.165, 1.54) is 0 Å². The minimum atomic E-state index is -0.834. The van der Waals surface area contributed by atoms with Crippen LogP contribution in [-0.2, 0) is 10.4 Å². The molecule has 1 aliphatic carbocycles. The van der Waals surface area contributed by atoms with Gasteiger partial charge in [-0.15, -0.1) is 0 Å². The van der Waals surface area contributed by atoms with Crippen LogP contribution in [0.25, 0.3) is 0 Å². The Hall–Kier alpha value is -1.35. The van der Waals surface area contributed by atoms with Gasteiger partial charge in [-0.25, -0.2) is 0 Å². The van der Waals surface area contributed by atoms with Crippen LogP contribution < -0.4 is 5.32 Å². The van der Waals surface area contributed by atoms with E-state index in [9.17, 15) is 9.90 Å². The third kappa shape index (κ3) is 2.61. The maximum atomic E-state index is 11.5. The molecule has 16 heavy (non-hydrogen) atoms. The topological polar surface area (TPSA) is 49.3 Å². The molecule has 1 aromatic carbocycles. The first-order chi connectivity index (χ1) is 7.47. The van der Waals surface area contributed by atoms with Crippen LogP contribution >= 0.6 is 0 Å². The van der Waals surface area contributed by atoms with E-state index >= 15 is 0 Å². The molecule has 2 N–H and O–H groups in total. The van der Waals surface area contributed by atoms with Gasteiger partial charge in [0.15, 0.2) is 0 Å². The highest BCUT2D eigenvalue weighted by molar-refractivity contribution is 5.93. The van der Waals surface area contributed by atoms with Crippen LogP contribution in [0.3, 0.4) is 0 Å². The van der Waals surface area contributed by atoms with Gasteiger partial charge in [0.05, 0.1) is 5.60 Å². The predicted octanol–water partition coefficient (Wildman–Crippen LogP) is 2.26. The average Bonchev–Trinajstić information content (AvgIpc) is 3.00. The summed E-state index contributed by atoms with van der Waals surface area (Å²) in [5.41, 5.74) is 0.806. The first kappa shape index (κ1) is 11.1. The van der Waals surface area contributed by atoms with Gasteiger partial charge in [-0.2, -0.15) is 0 Å². The fraction of sp³-hybridized carbons (Fsp3) is 0.462. The molecule has 0 bridgehead atoms. The zero-order valence-corrected chi connectivity index (χ0v) is 9.66. The molecule has 2 rings (SSSR count). The number of carbonyl (C=O) groups is 1.